The predicted octanol–water partition coefficient (Wildman–Crippen LogP) is 2.86. The van der Waals surface area contributed by atoms with E-state index in [1.54, 1.807) is 0 Å². The number of hydrogen-bond acceptors (Lipinski definition) is 2. The fourth-order valence-corrected chi connectivity index (χ4v) is 2.95. The van der Waals surface area contributed by atoms with Crippen molar-refractivity contribution in [1.29, 1.82) is 0 Å². The Hall–Kier alpha value is -0.870. The summed E-state index contributed by atoms with van der Waals surface area (Å²) in [7, 11) is 0. The largest absolute Gasteiger partial charge is 0.314 e. The molecule has 1 aliphatic rings. The molecule has 1 unspecified atom stereocenters. The number of hydrogen-bond donors (Lipinski definition) is 1. The van der Waals surface area contributed by atoms with Crippen LogP contribution in [0.2, 0.25) is 0 Å². The standard InChI is InChI=1S/C14H19BrN2O/c1-10-4-5-13(12(15)8-10)17-7-3-6-16-11(2)9-14(17)18/h4-5,8,11,16H,3,6-7,9H2,1-2H3. The minimum Gasteiger partial charge on any atom is -0.314 e. The van der Waals surface area contributed by atoms with Crippen LogP contribution in [0.3, 0.4) is 0 Å². The highest BCUT2D eigenvalue weighted by Gasteiger charge is 2.21. The molecule has 0 spiro atoms. The molecular formula is C14H19BrN2O. The van der Waals surface area contributed by atoms with Crippen molar-refractivity contribution in [3.8, 4) is 0 Å². The van der Waals surface area contributed by atoms with Gasteiger partial charge >= 0.3 is 0 Å². The lowest BCUT2D eigenvalue weighted by molar-refractivity contribution is -0.119. The molecule has 18 heavy (non-hydrogen) atoms. The fraction of sp³-hybridized carbons (Fsp3) is 0.500. The summed E-state index contributed by atoms with van der Waals surface area (Å²) in [5.41, 5.74) is 2.18. The second-order valence-electron chi connectivity index (χ2n) is 4.91. The van der Waals surface area contributed by atoms with Crippen LogP contribution in [0, 0.1) is 6.92 Å². The second-order valence-corrected chi connectivity index (χ2v) is 5.77. The van der Waals surface area contributed by atoms with Crippen LogP contribution in [-0.2, 0) is 4.79 Å². The summed E-state index contributed by atoms with van der Waals surface area (Å²) in [4.78, 5) is 14.2. The molecule has 1 N–H and O–H groups in total. The minimum absolute atomic E-state index is 0.194. The van der Waals surface area contributed by atoms with E-state index in [-0.39, 0.29) is 11.9 Å². The van der Waals surface area contributed by atoms with Gasteiger partial charge in [0.05, 0.1) is 5.69 Å². The molecule has 2 rings (SSSR count). The summed E-state index contributed by atoms with van der Waals surface area (Å²) < 4.78 is 0.997. The van der Waals surface area contributed by atoms with E-state index in [0.29, 0.717) is 6.42 Å². The van der Waals surface area contributed by atoms with Gasteiger partial charge < -0.3 is 10.2 Å². The Morgan fingerprint density at radius 3 is 2.94 bits per heavy atom. The lowest BCUT2D eigenvalue weighted by Crippen LogP contribution is -2.42. The first kappa shape index (κ1) is 13.6. The van der Waals surface area contributed by atoms with Gasteiger partial charge in [-0.25, -0.2) is 0 Å². The molecule has 1 saturated heterocycles. The van der Waals surface area contributed by atoms with Gasteiger partial charge in [-0.15, -0.1) is 0 Å². The van der Waals surface area contributed by atoms with E-state index >= 15 is 0 Å². The van der Waals surface area contributed by atoms with Gasteiger partial charge in [0, 0.05) is 23.5 Å². The van der Waals surface area contributed by atoms with Crippen molar-refractivity contribution < 1.29 is 4.79 Å². The topological polar surface area (TPSA) is 32.3 Å². The lowest BCUT2D eigenvalue weighted by atomic mass is 10.1. The first-order chi connectivity index (χ1) is 8.58. The molecule has 0 aliphatic carbocycles. The Morgan fingerprint density at radius 2 is 2.22 bits per heavy atom. The average molecular weight is 311 g/mol. The molecule has 0 radical (unpaired) electrons. The maximum atomic E-state index is 12.3. The molecule has 4 heteroatoms. The zero-order chi connectivity index (χ0) is 13.1. The van der Waals surface area contributed by atoms with Crippen LogP contribution < -0.4 is 10.2 Å². The van der Waals surface area contributed by atoms with Gasteiger partial charge in [-0.2, -0.15) is 0 Å². The molecule has 1 amide bonds. The molecule has 98 valence electrons. The van der Waals surface area contributed by atoms with Crippen LogP contribution in [-0.4, -0.2) is 25.0 Å². The van der Waals surface area contributed by atoms with Gasteiger partial charge in [-0.05, 0) is 60.4 Å². The number of aryl methyl sites for hydroxylation is 1. The van der Waals surface area contributed by atoms with E-state index in [2.05, 4.69) is 41.2 Å². The summed E-state index contributed by atoms with van der Waals surface area (Å²) in [5.74, 6) is 0.194. The first-order valence-corrected chi connectivity index (χ1v) is 7.17. The van der Waals surface area contributed by atoms with Gasteiger partial charge in [0.1, 0.15) is 0 Å². The number of halogens is 1. The SMILES string of the molecule is Cc1ccc(N2CCCNC(C)CC2=O)c(Br)c1. The van der Waals surface area contributed by atoms with Crippen molar-refractivity contribution in [2.45, 2.75) is 32.7 Å². The molecule has 3 nitrogen and oxygen atoms in total. The Balaban J connectivity index is 2.26. The number of anilines is 1. The molecule has 1 fully saturated rings. The number of carbonyl (C=O) groups excluding carboxylic acids is 1. The van der Waals surface area contributed by atoms with Crippen LogP contribution in [0.1, 0.15) is 25.3 Å². The zero-order valence-electron chi connectivity index (χ0n) is 10.9. The molecule has 1 heterocycles. The number of benzene rings is 1. The maximum absolute atomic E-state index is 12.3. The summed E-state index contributed by atoms with van der Waals surface area (Å²) in [5, 5.41) is 3.35. The summed E-state index contributed by atoms with van der Waals surface area (Å²) in [6, 6.07) is 6.39. The molecule has 1 aromatic carbocycles. The highest BCUT2D eigenvalue weighted by molar-refractivity contribution is 9.10. The maximum Gasteiger partial charge on any atom is 0.228 e. The molecule has 0 bridgehead atoms. The van der Waals surface area contributed by atoms with E-state index in [4.69, 9.17) is 0 Å². The number of nitrogens with zero attached hydrogens (tertiary/aromatic N) is 1. The van der Waals surface area contributed by atoms with E-state index in [1.165, 1.54) is 5.56 Å². The third-order valence-electron chi connectivity index (χ3n) is 3.23. The minimum atomic E-state index is 0.194. The first-order valence-electron chi connectivity index (χ1n) is 6.38. The van der Waals surface area contributed by atoms with Crippen LogP contribution >= 0.6 is 15.9 Å². The molecule has 0 saturated carbocycles. The van der Waals surface area contributed by atoms with Crippen molar-refractivity contribution >= 4 is 27.5 Å². The molecule has 0 aromatic heterocycles. The predicted molar refractivity (Wildman–Crippen MR) is 77.9 cm³/mol. The van der Waals surface area contributed by atoms with Crippen molar-refractivity contribution in [3.05, 3.63) is 28.2 Å². The highest BCUT2D eigenvalue weighted by atomic mass is 79.9. The second kappa shape index (κ2) is 5.85. The van der Waals surface area contributed by atoms with Crippen molar-refractivity contribution in [1.82, 2.24) is 5.32 Å². The van der Waals surface area contributed by atoms with Crippen molar-refractivity contribution in [3.63, 3.8) is 0 Å². The molecular weight excluding hydrogens is 292 g/mol. The van der Waals surface area contributed by atoms with Gasteiger partial charge in [-0.1, -0.05) is 6.07 Å². The van der Waals surface area contributed by atoms with Crippen molar-refractivity contribution in [2.75, 3.05) is 18.0 Å². The number of nitrogens with one attached hydrogen (secondary N) is 1. The molecule has 1 aromatic rings. The Bertz CT molecular complexity index is 447. The van der Waals surface area contributed by atoms with Crippen LogP contribution in [0.5, 0.6) is 0 Å². The normalized spacial score (nSPS) is 21.6. The van der Waals surface area contributed by atoms with E-state index in [0.717, 1.165) is 29.7 Å². The third kappa shape index (κ3) is 3.12. The smallest absolute Gasteiger partial charge is 0.228 e. The molecule has 1 atom stereocenters. The van der Waals surface area contributed by atoms with Gasteiger partial charge in [0.15, 0.2) is 0 Å². The van der Waals surface area contributed by atoms with Crippen molar-refractivity contribution in [2.24, 2.45) is 0 Å². The average Bonchev–Trinajstić information content (AvgIpc) is 2.28. The number of rotatable bonds is 1. The lowest BCUT2D eigenvalue weighted by Gasteiger charge is -2.28. The monoisotopic (exact) mass is 310 g/mol. The summed E-state index contributed by atoms with van der Waals surface area (Å²) in [6.45, 7) is 5.86. The van der Waals surface area contributed by atoms with Gasteiger partial charge in [0.25, 0.3) is 0 Å². The van der Waals surface area contributed by atoms with E-state index in [1.807, 2.05) is 17.0 Å². The Labute approximate surface area is 117 Å². The number of amides is 1. The van der Waals surface area contributed by atoms with Crippen LogP contribution in [0.25, 0.3) is 0 Å². The Morgan fingerprint density at radius 1 is 1.44 bits per heavy atom. The Kier molecular flexibility index (Phi) is 4.40. The quantitative estimate of drug-likeness (QED) is 0.865. The fourth-order valence-electron chi connectivity index (χ4n) is 2.24. The number of carbonyl (C=O) groups is 1. The summed E-state index contributed by atoms with van der Waals surface area (Å²) >= 11 is 3.56. The highest BCUT2D eigenvalue weighted by Crippen LogP contribution is 2.28. The van der Waals surface area contributed by atoms with Gasteiger partial charge in [-0.3, -0.25) is 4.79 Å². The van der Waals surface area contributed by atoms with E-state index < -0.39 is 0 Å². The van der Waals surface area contributed by atoms with Crippen LogP contribution in [0.15, 0.2) is 22.7 Å². The zero-order valence-corrected chi connectivity index (χ0v) is 12.5. The molecule has 1 aliphatic heterocycles. The van der Waals surface area contributed by atoms with Crippen LogP contribution in [0.4, 0.5) is 5.69 Å². The van der Waals surface area contributed by atoms with Gasteiger partial charge in [0.2, 0.25) is 5.91 Å². The summed E-state index contributed by atoms with van der Waals surface area (Å²) in [6.07, 6.45) is 1.54. The third-order valence-corrected chi connectivity index (χ3v) is 3.86. The van der Waals surface area contributed by atoms with E-state index in [9.17, 15) is 4.79 Å².